The van der Waals surface area contributed by atoms with Crippen molar-refractivity contribution in [2.24, 2.45) is 0 Å². The maximum absolute atomic E-state index is 11.0. The number of benzene rings is 2. The molecule has 0 saturated heterocycles. The monoisotopic (exact) mass is 213 g/mol. The zero-order valence-electron chi connectivity index (χ0n) is 8.47. The van der Waals surface area contributed by atoms with E-state index >= 15 is 0 Å². The molecule has 0 aliphatic rings. The van der Waals surface area contributed by atoms with Crippen LogP contribution in [0.1, 0.15) is 10.4 Å². The number of aldehydes is 1. The molecule has 0 unspecified atom stereocenters. The second-order valence-corrected chi connectivity index (χ2v) is 3.25. The third kappa shape index (κ3) is 1.80. The maximum atomic E-state index is 11.0. The molecule has 0 aliphatic heterocycles. The van der Waals surface area contributed by atoms with Gasteiger partial charge >= 0.3 is 0 Å². The summed E-state index contributed by atoms with van der Waals surface area (Å²) in [5.41, 5.74) is 0.466. The van der Waals surface area contributed by atoms with E-state index in [1.54, 1.807) is 12.4 Å². The fourth-order valence-electron chi connectivity index (χ4n) is 1.63. The molecule has 2 rings (SSSR count). The van der Waals surface area contributed by atoms with Crippen molar-refractivity contribution in [3.8, 4) is 5.75 Å². The summed E-state index contributed by atoms with van der Waals surface area (Å²) in [6.45, 7) is -0.167. The number of carbonyl (C=O) groups excluding carboxylic acids is 2. The van der Waals surface area contributed by atoms with E-state index in [9.17, 15) is 9.59 Å². The average molecular weight is 213 g/mol. The van der Waals surface area contributed by atoms with Crippen LogP contribution in [0.3, 0.4) is 0 Å². The van der Waals surface area contributed by atoms with Crippen LogP contribution in [0.5, 0.6) is 5.75 Å². The van der Waals surface area contributed by atoms with Gasteiger partial charge in [0.2, 0.25) is 6.29 Å². The zero-order valence-corrected chi connectivity index (χ0v) is 8.47. The molecule has 79 valence electrons. The summed E-state index contributed by atoms with van der Waals surface area (Å²) in [5, 5.41) is 1.79. The van der Waals surface area contributed by atoms with E-state index in [0.29, 0.717) is 11.3 Å². The smallest absolute Gasteiger partial charge is 0.239 e. The normalized spacial score (nSPS) is 10.0. The van der Waals surface area contributed by atoms with Crippen molar-refractivity contribution in [2.75, 3.05) is 6.61 Å². The fraction of sp³-hybridized carbons (Fsp3) is 0.0769. The molecule has 16 heavy (non-hydrogen) atoms. The van der Waals surface area contributed by atoms with Gasteiger partial charge in [-0.15, -0.1) is 0 Å². The van der Waals surface area contributed by atoms with E-state index in [1.165, 1.54) is 0 Å². The van der Waals surface area contributed by atoms with Gasteiger partial charge in [-0.1, -0.05) is 30.3 Å². The van der Waals surface area contributed by atoms with Crippen molar-refractivity contribution < 1.29 is 14.3 Å². The van der Waals surface area contributed by atoms with Gasteiger partial charge in [0, 0.05) is 0 Å². The standard InChI is InChI=1S/C13H9O3/c14-7-8-16-13-6-5-10-3-1-2-4-11(10)12(13)9-15/h1-6,9H,8H2. The molecule has 0 spiro atoms. The largest absolute Gasteiger partial charge is 0.485 e. The predicted molar refractivity (Wildman–Crippen MR) is 60.5 cm³/mol. The number of rotatable bonds is 4. The molecular formula is C13H9O3. The van der Waals surface area contributed by atoms with Crippen LogP contribution < -0.4 is 4.74 Å². The van der Waals surface area contributed by atoms with Crippen LogP contribution in [0.2, 0.25) is 0 Å². The molecule has 0 amide bonds. The number of hydrogen-bond acceptors (Lipinski definition) is 3. The molecule has 3 nitrogen and oxygen atoms in total. The van der Waals surface area contributed by atoms with Gasteiger partial charge in [0.15, 0.2) is 12.9 Å². The first-order valence-electron chi connectivity index (χ1n) is 4.81. The summed E-state index contributed by atoms with van der Waals surface area (Å²) < 4.78 is 5.13. The Bertz CT molecular complexity index is 532. The summed E-state index contributed by atoms with van der Waals surface area (Å²) in [6.07, 6.45) is 2.37. The molecule has 0 atom stereocenters. The lowest BCUT2D eigenvalue weighted by Crippen LogP contribution is -2.00. The van der Waals surface area contributed by atoms with Gasteiger partial charge < -0.3 is 4.74 Å². The number of fused-ring (bicyclic) bond motifs is 1. The molecule has 0 aromatic heterocycles. The van der Waals surface area contributed by atoms with Crippen LogP contribution in [0, 0.1) is 0 Å². The van der Waals surface area contributed by atoms with Crippen LogP contribution in [0.4, 0.5) is 0 Å². The SMILES string of the molecule is O=[C]COc1ccc2ccccc2c1C=O. The minimum atomic E-state index is -0.167. The highest BCUT2D eigenvalue weighted by atomic mass is 16.5. The summed E-state index contributed by atoms with van der Waals surface area (Å²) >= 11 is 0. The second kappa shape index (κ2) is 4.57. The molecule has 0 saturated carbocycles. The lowest BCUT2D eigenvalue weighted by atomic mass is 10.0. The molecule has 2 aromatic carbocycles. The third-order valence-electron chi connectivity index (χ3n) is 2.34. The van der Waals surface area contributed by atoms with E-state index < -0.39 is 0 Å². The second-order valence-electron chi connectivity index (χ2n) is 3.25. The van der Waals surface area contributed by atoms with Crippen molar-refractivity contribution in [1.29, 1.82) is 0 Å². The first kappa shape index (κ1) is 10.4. The van der Waals surface area contributed by atoms with E-state index in [-0.39, 0.29) is 6.61 Å². The van der Waals surface area contributed by atoms with Crippen LogP contribution in [-0.2, 0) is 4.79 Å². The Morgan fingerprint density at radius 1 is 1.19 bits per heavy atom. The van der Waals surface area contributed by atoms with Crippen LogP contribution in [0.25, 0.3) is 10.8 Å². The summed E-state index contributed by atoms with van der Waals surface area (Å²) in [5.74, 6) is 0.414. The first-order valence-corrected chi connectivity index (χ1v) is 4.81. The Hall–Kier alpha value is -2.16. The molecule has 0 N–H and O–H groups in total. The minimum absolute atomic E-state index is 0.167. The van der Waals surface area contributed by atoms with Gasteiger partial charge in [-0.3, -0.25) is 9.59 Å². The van der Waals surface area contributed by atoms with Crippen LogP contribution >= 0.6 is 0 Å². The Morgan fingerprint density at radius 2 is 2.00 bits per heavy atom. The highest BCUT2D eigenvalue weighted by molar-refractivity contribution is 6.00. The Balaban J connectivity index is 2.58. The topological polar surface area (TPSA) is 43.4 Å². The molecule has 1 radical (unpaired) electrons. The Kier molecular flexibility index (Phi) is 2.96. The van der Waals surface area contributed by atoms with Crippen molar-refractivity contribution in [2.45, 2.75) is 0 Å². The van der Waals surface area contributed by atoms with Gasteiger partial charge in [-0.25, -0.2) is 0 Å². The lowest BCUT2D eigenvalue weighted by Gasteiger charge is -2.07. The van der Waals surface area contributed by atoms with E-state index in [2.05, 4.69) is 0 Å². The van der Waals surface area contributed by atoms with Gasteiger partial charge in [-0.2, -0.15) is 0 Å². The van der Waals surface area contributed by atoms with E-state index in [4.69, 9.17) is 4.74 Å². The summed E-state index contributed by atoms with van der Waals surface area (Å²) in [6, 6.07) is 11.0. The molecule has 2 aromatic rings. The summed E-state index contributed by atoms with van der Waals surface area (Å²) in [4.78, 5) is 21.1. The van der Waals surface area contributed by atoms with Crippen molar-refractivity contribution in [3.63, 3.8) is 0 Å². The van der Waals surface area contributed by atoms with Crippen LogP contribution in [-0.4, -0.2) is 19.2 Å². The quantitative estimate of drug-likeness (QED) is 0.731. The van der Waals surface area contributed by atoms with E-state index in [0.717, 1.165) is 17.1 Å². The fourth-order valence-corrected chi connectivity index (χ4v) is 1.63. The highest BCUT2D eigenvalue weighted by Gasteiger charge is 2.07. The molecule has 0 fully saturated rings. The Morgan fingerprint density at radius 3 is 2.75 bits per heavy atom. The minimum Gasteiger partial charge on any atom is -0.485 e. The molecule has 0 bridgehead atoms. The van der Waals surface area contributed by atoms with Gasteiger partial charge in [0.25, 0.3) is 0 Å². The van der Waals surface area contributed by atoms with E-state index in [1.807, 2.05) is 30.3 Å². The van der Waals surface area contributed by atoms with Gasteiger partial charge in [0.05, 0.1) is 5.56 Å². The van der Waals surface area contributed by atoms with Gasteiger partial charge in [0.1, 0.15) is 5.75 Å². The van der Waals surface area contributed by atoms with Crippen molar-refractivity contribution in [1.82, 2.24) is 0 Å². The lowest BCUT2D eigenvalue weighted by molar-refractivity contribution is 0.112. The molecule has 0 aliphatic carbocycles. The molecular weight excluding hydrogens is 204 g/mol. The molecule has 3 heteroatoms. The van der Waals surface area contributed by atoms with Crippen LogP contribution in [0.15, 0.2) is 36.4 Å². The maximum Gasteiger partial charge on any atom is 0.239 e. The zero-order chi connectivity index (χ0) is 11.4. The number of ether oxygens (including phenoxy) is 1. The average Bonchev–Trinajstić information content (AvgIpc) is 2.35. The van der Waals surface area contributed by atoms with Crippen molar-refractivity contribution in [3.05, 3.63) is 42.0 Å². The molecule has 0 heterocycles. The van der Waals surface area contributed by atoms with Gasteiger partial charge in [-0.05, 0) is 16.8 Å². The first-order chi connectivity index (χ1) is 7.86. The number of hydrogen-bond donors (Lipinski definition) is 0. The number of carbonyl (C=O) groups is 1. The summed E-state index contributed by atoms with van der Waals surface area (Å²) in [7, 11) is 0. The van der Waals surface area contributed by atoms with Crippen molar-refractivity contribution >= 4 is 23.3 Å². The third-order valence-corrected chi connectivity index (χ3v) is 2.34. The highest BCUT2D eigenvalue weighted by Crippen LogP contribution is 2.26. The predicted octanol–water partition coefficient (Wildman–Crippen LogP) is 2.14. The Labute approximate surface area is 92.6 Å².